The van der Waals surface area contributed by atoms with Gasteiger partial charge in [0.2, 0.25) is 5.95 Å². The van der Waals surface area contributed by atoms with E-state index in [0.717, 1.165) is 30.2 Å². The zero-order valence-electron chi connectivity index (χ0n) is 12.5. The fraction of sp³-hybridized carbons (Fsp3) is 0.375. The van der Waals surface area contributed by atoms with E-state index in [0.29, 0.717) is 5.95 Å². The molecule has 4 nitrogen and oxygen atoms in total. The lowest BCUT2D eigenvalue weighted by Gasteiger charge is -2.09. The first-order chi connectivity index (χ1) is 10.2. The van der Waals surface area contributed by atoms with Gasteiger partial charge < -0.3 is 10.6 Å². The van der Waals surface area contributed by atoms with E-state index in [-0.39, 0.29) is 5.82 Å². The number of anilines is 3. The summed E-state index contributed by atoms with van der Waals surface area (Å²) < 4.78 is 12.9. The van der Waals surface area contributed by atoms with E-state index in [1.165, 1.54) is 25.0 Å². The maximum atomic E-state index is 12.9. The molecule has 112 valence electrons. The van der Waals surface area contributed by atoms with Crippen molar-refractivity contribution in [3.8, 4) is 0 Å². The van der Waals surface area contributed by atoms with Gasteiger partial charge in [0.1, 0.15) is 11.6 Å². The van der Waals surface area contributed by atoms with E-state index >= 15 is 0 Å². The van der Waals surface area contributed by atoms with Crippen LogP contribution in [-0.2, 0) is 0 Å². The minimum Gasteiger partial charge on any atom is -0.370 e. The summed E-state index contributed by atoms with van der Waals surface area (Å²) in [5.74, 6) is 1.06. The molecule has 2 aromatic rings. The van der Waals surface area contributed by atoms with Gasteiger partial charge >= 0.3 is 0 Å². The Hall–Kier alpha value is -2.17. The highest BCUT2D eigenvalue weighted by Gasteiger charge is 2.03. The fourth-order valence-electron chi connectivity index (χ4n) is 1.97. The van der Waals surface area contributed by atoms with Crippen molar-refractivity contribution >= 4 is 17.5 Å². The van der Waals surface area contributed by atoms with Gasteiger partial charge in [0.25, 0.3) is 0 Å². The van der Waals surface area contributed by atoms with Gasteiger partial charge in [-0.05, 0) is 37.6 Å². The lowest BCUT2D eigenvalue weighted by molar-refractivity contribution is 0.628. The van der Waals surface area contributed by atoms with Crippen LogP contribution in [0.3, 0.4) is 0 Å². The molecule has 0 bridgehead atoms. The largest absolute Gasteiger partial charge is 0.370 e. The van der Waals surface area contributed by atoms with Gasteiger partial charge in [-0.15, -0.1) is 0 Å². The Morgan fingerprint density at radius 1 is 1.10 bits per heavy atom. The molecule has 0 unspecified atom stereocenters. The third kappa shape index (κ3) is 5.02. The van der Waals surface area contributed by atoms with E-state index in [4.69, 9.17) is 0 Å². The van der Waals surface area contributed by atoms with Crippen LogP contribution in [0, 0.1) is 12.7 Å². The molecule has 0 spiro atoms. The molecule has 0 aliphatic heterocycles. The Morgan fingerprint density at radius 2 is 1.86 bits per heavy atom. The molecule has 0 saturated carbocycles. The van der Waals surface area contributed by atoms with Gasteiger partial charge in [-0.1, -0.05) is 19.8 Å². The van der Waals surface area contributed by atoms with Crippen molar-refractivity contribution in [3.63, 3.8) is 0 Å². The third-order valence-corrected chi connectivity index (χ3v) is 3.04. The van der Waals surface area contributed by atoms with Crippen LogP contribution >= 0.6 is 0 Å². The van der Waals surface area contributed by atoms with Crippen LogP contribution in [0.1, 0.15) is 31.9 Å². The summed E-state index contributed by atoms with van der Waals surface area (Å²) in [4.78, 5) is 8.76. The van der Waals surface area contributed by atoms with Gasteiger partial charge in [-0.2, -0.15) is 4.98 Å². The molecule has 2 rings (SSSR count). The average Bonchev–Trinajstić information content (AvgIpc) is 2.46. The van der Waals surface area contributed by atoms with Crippen molar-refractivity contribution in [2.24, 2.45) is 0 Å². The number of nitrogens with zero attached hydrogens (tertiary/aromatic N) is 2. The van der Waals surface area contributed by atoms with Gasteiger partial charge in [-0.3, -0.25) is 0 Å². The van der Waals surface area contributed by atoms with E-state index in [9.17, 15) is 4.39 Å². The van der Waals surface area contributed by atoms with Crippen LogP contribution in [0.15, 0.2) is 30.3 Å². The Balaban J connectivity index is 2.02. The van der Waals surface area contributed by atoms with Crippen LogP contribution in [0.2, 0.25) is 0 Å². The third-order valence-electron chi connectivity index (χ3n) is 3.04. The predicted octanol–water partition coefficient (Wildman–Crippen LogP) is 4.27. The first kappa shape index (κ1) is 15.2. The molecule has 1 heterocycles. The van der Waals surface area contributed by atoms with Gasteiger partial charge in [-0.25, -0.2) is 9.37 Å². The fourth-order valence-corrected chi connectivity index (χ4v) is 1.97. The second kappa shape index (κ2) is 7.57. The molecule has 5 heteroatoms. The summed E-state index contributed by atoms with van der Waals surface area (Å²) in [6.07, 6.45) is 3.53. The number of rotatable bonds is 7. The van der Waals surface area contributed by atoms with Gasteiger partial charge in [0.15, 0.2) is 0 Å². The number of aromatic nitrogens is 2. The first-order valence-corrected chi connectivity index (χ1v) is 7.29. The molecule has 0 radical (unpaired) electrons. The molecule has 21 heavy (non-hydrogen) atoms. The molecule has 0 saturated heterocycles. The molecule has 1 aromatic carbocycles. The van der Waals surface area contributed by atoms with Crippen molar-refractivity contribution in [2.75, 3.05) is 17.2 Å². The molecular weight excluding hydrogens is 267 g/mol. The average molecular weight is 288 g/mol. The Bertz CT molecular complexity index is 569. The number of nitrogens with one attached hydrogen (secondary N) is 2. The maximum absolute atomic E-state index is 12.9. The van der Waals surface area contributed by atoms with Crippen molar-refractivity contribution in [1.82, 2.24) is 9.97 Å². The van der Waals surface area contributed by atoms with Crippen molar-refractivity contribution < 1.29 is 4.39 Å². The highest BCUT2D eigenvalue weighted by molar-refractivity contribution is 5.55. The number of hydrogen-bond donors (Lipinski definition) is 2. The maximum Gasteiger partial charge on any atom is 0.229 e. The monoisotopic (exact) mass is 288 g/mol. The normalized spacial score (nSPS) is 10.4. The minimum atomic E-state index is -0.260. The van der Waals surface area contributed by atoms with E-state index in [1.807, 2.05) is 13.0 Å². The molecule has 0 amide bonds. The van der Waals surface area contributed by atoms with E-state index in [2.05, 4.69) is 27.5 Å². The number of halogens is 1. The second-order valence-electron chi connectivity index (χ2n) is 4.98. The predicted molar refractivity (Wildman–Crippen MR) is 84.5 cm³/mol. The number of benzene rings is 1. The van der Waals surface area contributed by atoms with Crippen LogP contribution < -0.4 is 10.6 Å². The Morgan fingerprint density at radius 3 is 2.57 bits per heavy atom. The topological polar surface area (TPSA) is 49.8 Å². The molecule has 0 atom stereocenters. The molecule has 1 aromatic heterocycles. The van der Waals surface area contributed by atoms with Crippen molar-refractivity contribution in [2.45, 2.75) is 33.1 Å². The zero-order chi connectivity index (χ0) is 15.1. The lowest BCUT2D eigenvalue weighted by atomic mass is 10.2. The molecule has 2 N–H and O–H groups in total. The van der Waals surface area contributed by atoms with Gasteiger partial charge in [0.05, 0.1) is 0 Å². The SMILES string of the molecule is CCCCCNc1cc(C)nc(Nc2ccc(F)cc2)n1. The zero-order valence-corrected chi connectivity index (χ0v) is 12.5. The Kier molecular flexibility index (Phi) is 5.49. The van der Waals surface area contributed by atoms with Crippen LogP contribution in [0.5, 0.6) is 0 Å². The quantitative estimate of drug-likeness (QED) is 0.747. The molecule has 0 aliphatic carbocycles. The highest BCUT2D eigenvalue weighted by Crippen LogP contribution is 2.16. The van der Waals surface area contributed by atoms with Crippen LogP contribution in [0.25, 0.3) is 0 Å². The summed E-state index contributed by atoms with van der Waals surface area (Å²) in [5, 5.41) is 6.39. The van der Waals surface area contributed by atoms with Gasteiger partial charge in [0, 0.05) is 24.0 Å². The standard InChI is InChI=1S/C16H21FN4/c1-3-4-5-10-18-15-11-12(2)19-16(21-15)20-14-8-6-13(17)7-9-14/h6-9,11H,3-5,10H2,1-2H3,(H2,18,19,20,21). The number of hydrogen-bond acceptors (Lipinski definition) is 4. The minimum absolute atomic E-state index is 0.260. The van der Waals surface area contributed by atoms with E-state index in [1.54, 1.807) is 12.1 Å². The van der Waals surface area contributed by atoms with Crippen LogP contribution in [0.4, 0.5) is 21.8 Å². The first-order valence-electron chi connectivity index (χ1n) is 7.29. The summed E-state index contributed by atoms with van der Waals surface area (Å²) in [5.41, 5.74) is 1.64. The van der Waals surface area contributed by atoms with Crippen molar-refractivity contribution in [1.29, 1.82) is 0 Å². The summed E-state index contributed by atoms with van der Waals surface area (Å²) in [6.45, 7) is 5.01. The summed E-state index contributed by atoms with van der Waals surface area (Å²) in [7, 11) is 0. The smallest absolute Gasteiger partial charge is 0.229 e. The van der Waals surface area contributed by atoms with E-state index < -0.39 is 0 Å². The molecule has 0 aliphatic rings. The summed E-state index contributed by atoms with van der Waals surface area (Å²) in [6, 6.07) is 8.05. The summed E-state index contributed by atoms with van der Waals surface area (Å²) >= 11 is 0. The van der Waals surface area contributed by atoms with Crippen LogP contribution in [-0.4, -0.2) is 16.5 Å². The second-order valence-corrected chi connectivity index (χ2v) is 4.98. The number of aryl methyl sites for hydroxylation is 1. The lowest BCUT2D eigenvalue weighted by Crippen LogP contribution is -2.06. The van der Waals surface area contributed by atoms with Crippen molar-refractivity contribution in [3.05, 3.63) is 41.8 Å². The Labute approximate surface area is 124 Å². The highest BCUT2D eigenvalue weighted by atomic mass is 19.1. The molecule has 0 fully saturated rings. The molecular formula is C16H21FN4. The number of unbranched alkanes of at least 4 members (excludes halogenated alkanes) is 2.